The van der Waals surface area contributed by atoms with Crippen molar-refractivity contribution in [3.8, 4) is 0 Å². The van der Waals surface area contributed by atoms with E-state index in [4.69, 9.17) is 0 Å². The predicted molar refractivity (Wildman–Crippen MR) is 124 cm³/mol. The Morgan fingerprint density at radius 1 is 0.222 bits per heavy atom. The van der Waals surface area contributed by atoms with E-state index in [1.54, 1.807) is 0 Å². The summed E-state index contributed by atoms with van der Waals surface area (Å²) in [4.78, 5) is 0. The second kappa shape index (κ2) is 20.0. The van der Waals surface area contributed by atoms with Gasteiger partial charge < -0.3 is 0 Å². The fraction of sp³-hybridized carbons (Fsp3) is 0.333. The molecule has 0 unspecified atom stereocenters. The molecule has 0 saturated carbocycles. The van der Waals surface area contributed by atoms with Crippen molar-refractivity contribution in [1.29, 1.82) is 0 Å². The van der Waals surface area contributed by atoms with Crippen LogP contribution < -0.4 is 0 Å². The number of allylic oxidation sites excluding steroid dienone is 18. The number of hydrogen-bond donors (Lipinski definition) is 0. The second-order valence-corrected chi connectivity index (χ2v) is 6.60. The van der Waals surface area contributed by atoms with Gasteiger partial charge in [0.15, 0.2) is 0 Å². The summed E-state index contributed by atoms with van der Waals surface area (Å²) in [5, 5.41) is 0. The van der Waals surface area contributed by atoms with Gasteiger partial charge in [-0.05, 0) is 25.7 Å². The summed E-state index contributed by atoms with van der Waals surface area (Å²) in [7, 11) is 0. The van der Waals surface area contributed by atoms with Crippen molar-refractivity contribution in [1.82, 2.24) is 0 Å². The van der Waals surface area contributed by atoms with E-state index >= 15 is 0 Å². The molecule has 144 valence electrons. The lowest BCUT2D eigenvalue weighted by Crippen LogP contribution is -1.80. The van der Waals surface area contributed by atoms with E-state index in [0.29, 0.717) is 0 Å². The molecule has 1 aliphatic carbocycles. The van der Waals surface area contributed by atoms with Crippen LogP contribution in [0.15, 0.2) is 109 Å². The molecular weight excluding hydrogens is 324 g/mol. The van der Waals surface area contributed by atoms with Crippen molar-refractivity contribution < 1.29 is 0 Å². The first kappa shape index (κ1) is 22.7. The fourth-order valence-electron chi connectivity index (χ4n) is 2.66. The molecule has 0 N–H and O–H groups in total. The van der Waals surface area contributed by atoms with Crippen molar-refractivity contribution in [2.24, 2.45) is 0 Å². The van der Waals surface area contributed by atoms with Crippen LogP contribution >= 0.6 is 0 Å². The van der Waals surface area contributed by atoms with Crippen molar-refractivity contribution in [3.05, 3.63) is 109 Å². The monoisotopic (exact) mass is 360 g/mol. The molecule has 0 aromatic heterocycles. The summed E-state index contributed by atoms with van der Waals surface area (Å²) >= 11 is 0. The molecular formula is C27H36. The minimum atomic E-state index is 1.19. The van der Waals surface area contributed by atoms with Crippen molar-refractivity contribution in [2.45, 2.75) is 57.8 Å². The van der Waals surface area contributed by atoms with Gasteiger partial charge in [-0.2, -0.15) is 0 Å². The summed E-state index contributed by atoms with van der Waals surface area (Å²) in [5.41, 5.74) is 0. The van der Waals surface area contributed by atoms with Gasteiger partial charge in [-0.15, -0.1) is 0 Å². The summed E-state index contributed by atoms with van der Waals surface area (Å²) in [6.07, 6.45) is 49.5. The highest BCUT2D eigenvalue weighted by molar-refractivity contribution is 5.21. The molecule has 0 nitrogen and oxygen atoms in total. The molecule has 0 fully saturated rings. The third-order valence-corrected chi connectivity index (χ3v) is 4.18. The largest absolute Gasteiger partial charge is 0.0845 e. The molecule has 0 atom stereocenters. The Hall–Kier alpha value is -2.34. The number of rotatable bonds is 0. The summed E-state index contributed by atoms with van der Waals surface area (Å²) in [5.74, 6) is 0. The Labute approximate surface area is 167 Å². The zero-order chi connectivity index (χ0) is 19.1. The first-order chi connectivity index (χ1) is 13.5. The zero-order valence-electron chi connectivity index (χ0n) is 16.8. The summed E-state index contributed by atoms with van der Waals surface area (Å²) < 4.78 is 0. The first-order valence-corrected chi connectivity index (χ1v) is 10.5. The molecule has 0 bridgehead atoms. The average molecular weight is 361 g/mol. The van der Waals surface area contributed by atoms with Gasteiger partial charge in [-0.3, -0.25) is 0 Å². The molecule has 1 aliphatic rings. The van der Waals surface area contributed by atoms with Gasteiger partial charge in [0.1, 0.15) is 0 Å². The van der Waals surface area contributed by atoms with Gasteiger partial charge in [0.05, 0.1) is 0 Å². The van der Waals surface area contributed by atoms with Crippen LogP contribution in [-0.4, -0.2) is 0 Å². The SMILES string of the molecule is C1=CC=CC=CC=CC=CCCCCCCCCCC=CC=CC=CC=C1. The van der Waals surface area contributed by atoms with Gasteiger partial charge in [0.2, 0.25) is 0 Å². The molecule has 0 aromatic rings. The third kappa shape index (κ3) is 18.3. The molecule has 0 saturated heterocycles. The van der Waals surface area contributed by atoms with E-state index in [1.807, 2.05) is 48.6 Å². The molecule has 1 rings (SSSR count). The van der Waals surface area contributed by atoms with E-state index in [2.05, 4.69) is 60.8 Å². The maximum absolute atomic E-state index is 2.27. The van der Waals surface area contributed by atoms with Crippen LogP contribution in [0.1, 0.15) is 57.8 Å². The Morgan fingerprint density at radius 3 is 0.741 bits per heavy atom. The van der Waals surface area contributed by atoms with E-state index in [0.717, 1.165) is 0 Å². The third-order valence-electron chi connectivity index (χ3n) is 4.18. The van der Waals surface area contributed by atoms with Gasteiger partial charge in [-0.1, -0.05) is 141 Å². The summed E-state index contributed by atoms with van der Waals surface area (Å²) in [6, 6.07) is 0. The minimum Gasteiger partial charge on any atom is -0.0845 e. The van der Waals surface area contributed by atoms with Gasteiger partial charge in [0.25, 0.3) is 0 Å². The van der Waals surface area contributed by atoms with Crippen LogP contribution in [0.3, 0.4) is 0 Å². The minimum absolute atomic E-state index is 1.19. The van der Waals surface area contributed by atoms with Gasteiger partial charge in [-0.25, -0.2) is 0 Å². The lowest BCUT2D eigenvalue weighted by Gasteiger charge is -2.00. The average Bonchev–Trinajstić information content (AvgIpc) is 2.68. The quantitative estimate of drug-likeness (QED) is 0.406. The smallest absolute Gasteiger partial charge is 0.0348 e. The van der Waals surface area contributed by atoms with Crippen LogP contribution in [-0.2, 0) is 0 Å². The molecule has 0 spiro atoms. The van der Waals surface area contributed by atoms with Crippen LogP contribution in [0.5, 0.6) is 0 Å². The highest BCUT2D eigenvalue weighted by Gasteiger charge is 1.90. The van der Waals surface area contributed by atoms with E-state index in [1.165, 1.54) is 57.8 Å². The van der Waals surface area contributed by atoms with Crippen LogP contribution in [0.25, 0.3) is 0 Å². The predicted octanol–water partition coefficient (Wildman–Crippen LogP) is 8.52. The van der Waals surface area contributed by atoms with E-state index < -0.39 is 0 Å². The number of hydrogen-bond acceptors (Lipinski definition) is 0. The normalized spacial score (nSPS) is 18.7. The standard InChI is InChI=1S/C27H36/c1-2-4-6-8-10-12-14-16-18-20-22-24-26-27-25-23-21-19-17-15-13-11-9-7-5-3-1/h1-18H,19-27H2. The molecule has 0 amide bonds. The molecule has 27 heavy (non-hydrogen) atoms. The van der Waals surface area contributed by atoms with Crippen LogP contribution in [0, 0.1) is 0 Å². The molecule has 0 aliphatic heterocycles. The lowest BCUT2D eigenvalue weighted by molar-refractivity contribution is 0.583. The van der Waals surface area contributed by atoms with Crippen LogP contribution in [0.2, 0.25) is 0 Å². The van der Waals surface area contributed by atoms with Gasteiger partial charge in [0, 0.05) is 0 Å². The molecule has 0 heteroatoms. The highest BCUT2D eigenvalue weighted by Crippen LogP contribution is 2.10. The molecule has 0 aromatic carbocycles. The Kier molecular flexibility index (Phi) is 16.8. The lowest BCUT2D eigenvalue weighted by atomic mass is 10.1. The maximum atomic E-state index is 2.27. The van der Waals surface area contributed by atoms with Crippen molar-refractivity contribution >= 4 is 0 Å². The Balaban J connectivity index is 2.42. The molecule has 0 heterocycles. The summed E-state index contributed by atoms with van der Waals surface area (Å²) in [6.45, 7) is 0. The first-order valence-electron chi connectivity index (χ1n) is 10.5. The van der Waals surface area contributed by atoms with Gasteiger partial charge >= 0.3 is 0 Å². The van der Waals surface area contributed by atoms with E-state index in [9.17, 15) is 0 Å². The molecule has 0 radical (unpaired) electrons. The Morgan fingerprint density at radius 2 is 0.444 bits per heavy atom. The topological polar surface area (TPSA) is 0 Å². The Bertz CT molecular complexity index is 534. The highest BCUT2D eigenvalue weighted by atomic mass is 14.0. The van der Waals surface area contributed by atoms with E-state index in [-0.39, 0.29) is 0 Å². The zero-order valence-corrected chi connectivity index (χ0v) is 16.8. The maximum Gasteiger partial charge on any atom is -0.0348 e. The second-order valence-electron chi connectivity index (χ2n) is 6.60. The van der Waals surface area contributed by atoms with Crippen molar-refractivity contribution in [3.63, 3.8) is 0 Å². The van der Waals surface area contributed by atoms with Crippen LogP contribution in [0.4, 0.5) is 0 Å². The van der Waals surface area contributed by atoms with Crippen molar-refractivity contribution in [2.75, 3.05) is 0 Å². The fourth-order valence-corrected chi connectivity index (χ4v) is 2.66.